The molecular formula is C10H16O4. The predicted molar refractivity (Wildman–Crippen MR) is 49.6 cm³/mol. The molecule has 14 heavy (non-hydrogen) atoms. The molecule has 4 heteroatoms. The number of aliphatic hydroxyl groups is 1. The number of hydrogen-bond acceptors (Lipinski definition) is 4. The molecule has 1 aliphatic rings. The van der Waals surface area contributed by atoms with Crippen LogP contribution in [0.25, 0.3) is 0 Å². The van der Waals surface area contributed by atoms with Crippen LogP contribution in [0, 0.1) is 5.41 Å². The van der Waals surface area contributed by atoms with Crippen LogP contribution in [0.15, 0.2) is 0 Å². The van der Waals surface area contributed by atoms with Gasteiger partial charge < -0.3 is 9.84 Å². The average molecular weight is 200 g/mol. The summed E-state index contributed by atoms with van der Waals surface area (Å²) in [4.78, 5) is 23.0. The first-order chi connectivity index (χ1) is 6.36. The lowest BCUT2D eigenvalue weighted by Gasteiger charge is -2.32. The van der Waals surface area contributed by atoms with E-state index >= 15 is 0 Å². The highest BCUT2D eigenvalue weighted by atomic mass is 16.5. The van der Waals surface area contributed by atoms with E-state index in [1.807, 2.05) is 0 Å². The van der Waals surface area contributed by atoms with Gasteiger partial charge in [-0.3, -0.25) is 9.59 Å². The monoisotopic (exact) mass is 200 g/mol. The zero-order valence-electron chi connectivity index (χ0n) is 8.79. The highest BCUT2D eigenvalue weighted by molar-refractivity contribution is 5.97. The molecule has 0 aromatic carbocycles. The fourth-order valence-corrected chi connectivity index (χ4v) is 1.75. The van der Waals surface area contributed by atoms with Crippen LogP contribution in [-0.4, -0.2) is 29.1 Å². The Morgan fingerprint density at radius 2 is 2.14 bits per heavy atom. The van der Waals surface area contributed by atoms with Crippen molar-refractivity contribution in [1.29, 1.82) is 0 Å². The molecule has 80 valence electrons. The van der Waals surface area contributed by atoms with Crippen molar-refractivity contribution in [2.75, 3.05) is 6.61 Å². The first-order valence-electron chi connectivity index (χ1n) is 4.79. The Hall–Kier alpha value is -0.900. The van der Waals surface area contributed by atoms with Crippen molar-refractivity contribution in [1.82, 2.24) is 0 Å². The first kappa shape index (κ1) is 11.2. The van der Waals surface area contributed by atoms with Crippen LogP contribution in [0.5, 0.6) is 0 Å². The van der Waals surface area contributed by atoms with Crippen LogP contribution in [0.1, 0.15) is 33.6 Å². The highest BCUT2D eigenvalue weighted by Crippen LogP contribution is 2.44. The number of esters is 1. The quantitative estimate of drug-likeness (QED) is 0.665. The van der Waals surface area contributed by atoms with Gasteiger partial charge in [0.15, 0.2) is 5.78 Å². The highest BCUT2D eigenvalue weighted by Gasteiger charge is 2.59. The lowest BCUT2D eigenvalue weighted by atomic mass is 9.77. The van der Waals surface area contributed by atoms with Crippen molar-refractivity contribution in [3.05, 3.63) is 0 Å². The molecule has 1 rings (SSSR count). The number of ether oxygens (including phenoxy) is 1. The van der Waals surface area contributed by atoms with Crippen molar-refractivity contribution in [3.63, 3.8) is 0 Å². The van der Waals surface area contributed by atoms with Crippen molar-refractivity contribution in [2.45, 2.75) is 39.2 Å². The summed E-state index contributed by atoms with van der Waals surface area (Å²) in [5.41, 5.74) is -2.67. The van der Waals surface area contributed by atoms with Crippen LogP contribution in [-0.2, 0) is 14.3 Å². The van der Waals surface area contributed by atoms with Crippen LogP contribution >= 0.6 is 0 Å². The third kappa shape index (κ3) is 1.34. The minimum absolute atomic E-state index is 0.238. The van der Waals surface area contributed by atoms with Gasteiger partial charge in [0.05, 0.1) is 6.61 Å². The molecule has 1 N–H and O–H groups in total. The zero-order valence-corrected chi connectivity index (χ0v) is 8.79. The summed E-state index contributed by atoms with van der Waals surface area (Å²) in [5.74, 6) is -0.774. The van der Waals surface area contributed by atoms with E-state index in [-0.39, 0.29) is 18.8 Å². The molecule has 0 saturated heterocycles. The predicted octanol–water partition coefficient (Wildman–Crippen LogP) is 0.670. The fraction of sp³-hybridized carbons (Fsp3) is 0.800. The Bertz CT molecular complexity index is 269. The molecule has 0 aromatic heterocycles. The summed E-state index contributed by atoms with van der Waals surface area (Å²) in [6, 6.07) is 0. The van der Waals surface area contributed by atoms with Gasteiger partial charge in [0.1, 0.15) is 11.0 Å². The molecule has 0 aromatic rings. The van der Waals surface area contributed by atoms with Gasteiger partial charge in [0, 0.05) is 6.42 Å². The minimum atomic E-state index is -1.58. The van der Waals surface area contributed by atoms with E-state index in [4.69, 9.17) is 4.74 Å². The minimum Gasteiger partial charge on any atom is -0.465 e. The second-order valence-corrected chi connectivity index (χ2v) is 4.05. The van der Waals surface area contributed by atoms with Gasteiger partial charge >= 0.3 is 5.97 Å². The second kappa shape index (κ2) is 3.35. The Morgan fingerprint density at radius 3 is 2.50 bits per heavy atom. The number of hydrogen-bond donors (Lipinski definition) is 1. The smallest absolute Gasteiger partial charge is 0.315 e. The van der Waals surface area contributed by atoms with Crippen LogP contribution in [0.2, 0.25) is 0 Å². The van der Waals surface area contributed by atoms with Gasteiger partial charge in [-0.25, -0.2) is 0 Å². The molecule has 0 radical (unpaired) electrons. The number of Topliss-reactive ketones (excluding diaryl/α,β-unsaturated/α-hetero) is 1. The second-order valence-electron chi connectivity index (χ2n) is 4.05. The van der Waals surface area contributed by atoms with Crippen LogP contribution in [0.3, 0.4) is 0 Å². The lowest BCUT2D eigenvalue weighted by molar-refractivity contribution is -0.170. The van der Waals surface area contributed by atoms with Crippen molar-refractivity contribution in [2.24, 2.45) is 5.41 Å². The molecule has 1 fully saturated rings. The third-order valence-electron chi connectivity index (χ3n) is 3.20. The third-order valence-corrected chi connectivity index (χ3v) is 3.20. The van der Waals surface area contributed by atoms with Crippen molar-refractivity contribution < 1.29 is 19.4 Å². The van der Waals surface area contributed by atoms with E-state index in [1.165, 1.54) is 6.92 Å². The lowest BCUT2D eigenvalue weighted by Crippen LogP contribution is -2.49. The molecule has 0 bridgehead atoms. The first-order valence-corrected chi connectivity index (χ1v) is 4.79. The van der Waals surface area contributed by atoms with Gasteiger partial charge in [0.2, 0.25) is 0 Å². The van der Waals surface area contributed by atoms with E-state index in [1.54, 1.807) is 13.8 Å². The fourth-order valence-electron chi connectivity index (χ4n) is 1.75. The van der Waals surface area contributed by atoms with Gasteiger partial charge in [0.25, 0.3) is 0 Å². The van der Waals surface area contributed by atoms with E-state index in [0.29, 0.717) is 6.42 Å². The normalized spacial score (nSPS) is 37.3. The summed E-state index contributed by atoms with van der Waals surface area (Å²) in [7, 11) is 0. The zero-order chi connectivity index (χ0) is 11.0. The Labute approximate surface area is 83.2 Å². The summed E-state index contributed by atoms with van der Waals surface area (Å²) < 4.78 is 4.86. The molecular weight excluding hydrogens is 184 g/mol. The maximum Gasteiger partial charge on any atom is 0.315 e. The number of carbonyl (C=O) groups excluding carboxylic acids is 2. The van der Waals surface area contributed by atoms with E-state index in [2.05, 4.69) is 0 Å². The molecule has 0 heterocycles. The molecule has 1 aliphatic carbocycles. The standard InChI is InChI=1S/C10H16O4/c1-4-14-8(12)9(2)6-5-7(11)10(9,3)13/h13H,4-6H2,1-3H3/t9-,10-/m0/s1. The van der Waals surface area contributed by atoms with Gasteiger partial charge in [-0.15, -0.1) is 0 Å². The molecule has 0 spiro atoms. The molecule has 0 aliphatic heterocycles. The van der Waals surface area contributed by atoms with E-state index in [9.17, 15) is 14.7 Å². The Morgan fingerprint density at radius 1 is 1.57 bits per heavy atom. The molecule has 4 nitrogen and oxygen atoms in total. The summed E-state index contributed by atoms with van der Waals surface area (Å²) in [6.07, 6.45) is 0.597. The summed E-state index contributed by atoms with van der Waals surface area (Å²) >= 11 is 0. The van der Waals surface area contributed by atoms with Crippen LogP contribution < -0.4 is 0 Å². The maximum atomic E-state index is 11.6. The Kier molecular flexibility index (Phi) is 2.67. The Balaban J connectivity index is 2.95. The number of rotatable bonds is 2. The van der Waals surface area contributed by atoms with Gasteiger partial charge in [-0.2, -0.15) is 0 Å². The molecule has 2 atom stereocenters. The van der Waals surface area contributed by atoms with Gasteiger partial charge in [-0.1, -0.05) is 0 Å². The van der Waals surface area contributed by atoms with Crippen LogP contribution in [0.4, 0.5) is 0 Å². The summed E-state index contributed by atoms with van der Waals surface area (Å²) in [5, 5.41) is 9.93. The number of ketones is 1. The molecule has 0 unspecified atom stereocenters. The number of carbonyl (C=O) groups is 2. The largest absolute Gasteiger partial charge is 0.465 e. The summed E-state index contributed by atoms with van der Waals surface area (Å²) in [6.45, 7) is 4.93. The van der Waals surface area contributed by atoms with Crippen molar-refractivity contribution in [3.8, 4) is 0 Å². The SMILES string of the molecule is CCOC(=O)[C@]1(C)CCC(=O)[C@]1(C)O. The van der Waals surface area contributed by atoms with E-state index < -0.39 is 17.0 Å². The maximum absolute atomic E-state index is 11.6. The van der Waals surface area contributed by atoms with Gasteiger partial charge in [-0.05, 0) is 27.2 Å². The van der Waals surface area contributed by atoms with Crippen molar-refractivity contribution >= 4 is 11.8 Å². The van der Waals surface area contributed by atoms with E-state index in [0.717, 1.165) is 0 Å². The molecule has 0 amide bonds. The average Bonchev–Trinajstić information content (AvgIpc) is 2.31. The molecule has 1 saturated carbocycles. The topological polar surface area (TPSA) is 63.6 Å².